The van der Waals surface area contributed by atoms with Gasteiger partial charge in [-0.05, 0) is 45.1 Å². The van der Waals surface area contributed by atoms with E-state index in [0.717, 1.165) is 22.8 Å². The average Bonchev–Trinajstić information content (AvgIpc) is 2.74. The lowest BCUT2D eigenvalue weighted by atomic mass is 10.2. The van der Waals surface area contributed by atoms with Crippen LogP contribution in [0.5, 0.6) is 5.75 Å². The van der Waals surface area contributed by atoms with Gasteiger partial charge >= 0.3 is 0 Å². The predicted octanol–water partition coefficient (Wildman–Crippen LogP) is 2.62. The predicted molar refractivity (Wildman–Crippen MR) is 84.5 cm³/mol. The van der Waals surface area contributed by atoms with E-state index in [2.05, 4.69) is 10.3 Å². The Morgan fingerprint density at radius 3 is 2.75 bits per heavy atom. The summed E-state index contributed by atoms with van der Waals surface area (Å²) < 4.78 is 7.79. The summed E-state index contributed by atoms with van der Waals surface area (Å²) in [5, 5.41) is 3.14. The van der Waals surface area contributed by atoms with Crippen LogP contribution in [-0.2, 0) is 0 Å². The second-order valence-electron chi connectivity index (χ2n) is 4.76. The van der Waals surface area contributed by atoms with Gasteiger partial charge in [0.25, 0.3) is 0 Å². The highest BCUT2D eigenvalue weighted by Gasteiger charge is 2.10. The van der Waals surface area contributed by atoms with E-state index in [-0.39, 0.29) is 11.2 Å². The first-order valence-corrected chi connectivity index (χ1v) is 6.74. The number of rotatable bonds is 4. The van der Waals surface area contributed by atoms with E-state index in [9.17, 15) is 0 Å². The molecule has 3 N–H and O–H groups in total. The Kier molecular flexibility index (Phi) is 4.24. The molecular formula is C14H18N4OS. The van der Waals surface area contributed by atoms with Crippen molar-refractivity contribution < 1.29 is 4.74 Å². The van der Waals surface area contributed by atoms with Gasteiger partial charge in [-0.15, -0.1) is 0 Å². The first-order valence-electron chi connectivity index (χ1n) is 6.34. The largest absolute Gasteiger partial charge is 0.489 e. The highest BCUT2D eigenvalue weighted by Crippen LogP contribution is 2.28. The second-order valence-corrected chi connectivity index (χ2v) is 5.20. The molecule has 106 valence electrons. The molecule has 1 aromatic carbocycles. The summed E-state index contributed by atoms with van der Waals surface area (Å²) in [6.45, 7) is 5.91. The highest BCUT2D eigenvalue weighted by atomic mass is 32.1. The first kappa shape index (κ1) is 14.3. The van der Waals surface area contributed by atoms with Crippen molar-refractivity contribution in [2.45, 2.75) is 26.9 Å². The monoisotopic (exact) mass is 290 g/mol. The molecule has 0 aliphatic carbocycles. The molecular weight excluding hydrogens is 272 g/mol. The van der Waals surface area contributed by atoms with Crippen LogP contribution in [0.4, 0.5) is 5.69 Å². The topological polar surface area (TPSA) is 65.1 Å². The molecule has 20 heavy (non-hydrogen) atoms. The lowest BCUT2D eigenvalue weighted by molar-refractivity contribution is 0.242. The number of anilines is 1. The fourth-order valence-electron chi connectivity index (χ4n) is 1.85. The molecule has 0 aliphatic heterocycles. The van der Waals surface area contributed by atoms with Crippen molar-refractivity contribution in [2.24, 2.45) is 5.73 Å². The number of ether oxygens (including phenoxy) is 1. The molecule has 0 radical (unpaired) electrons. The van der Waals surface area contributed by atoms with Crippen molar-refractivity contribution in [3.05, 3.63) is 36.4 Å². The van der Waals surface area contributed by atoms with Crippen molar-refractivity contribution in [1.82, 2.24) is 9.55 Å². The molecule has 6 heteroatoms. The zero-order chi connectivity index (χ0) is 14.7. The van der Waals surface area contributed by atoms with Gasteiger partial charge in [-0.25, -0.2) is 4.98 Å². The van der Waals surface area contributed by atoms with Crippen molar-refractivity contribution >= 4 is 23.0 Å². The summed E-state index contributed by atoms with van der Waals surface area (Å²) in [5.41, 5.74) is 8.17. The van der Waals surface area contributed by atoms with Crippen molar-refractivity contribution in [3.63, 3.8) is 0 Å². The van der Waals surface area contributed by atoms with Gasteiger partial charge in [0.1, 0.15) is 5.75 Å². The van der Waals surface area contributed by atoms with Gasteiger partial charge < -0.3 is 20.4 Å². The Morgan fingerprint density at radius 1 is 1.45 bits per heavy atom. The van der Waals surface area contributed by atoms with Gasteiger partial charge in [-0.3, -0.25) is 0 Å². The zero-order valence-corrected chi connectivity index (χ0v) is 12.6. The maximum Gasteiger partial charge on any atom is 0.168 e. The smallest absolute Gasteiger partial charge is 0.168 e. The molecule has 0 saturated carbocycles. The number of imidazole rings is 1. The molecule has 2 aromatic rings. The van der Waals surface area contributed by atoms with E-state index in [4.69, 9.17) is 22.7 Å². The Morgan fingerprint density at radius 2 is 2.20 bits per heavy atom. The molecule has 1 heterocycles. The number of hydrogen-bond acceptors (Lipinski definition) is 3. The highest BCUT2D eigenvalue weighted by molar-refractivity contribution is 7.80. The van der Waals surface area contributed by atoms with Gasteiger partial charge in [0.15, 0.2) is 5.11 Å². The minimum Gasteiger partial charge on any atom is -0.489 e. The summed E-state index contributed by atoms with van der Waals surface area (Å²) in [4.78, 5) is 4.24. The quantitative estimate of drug-likeness (QED) is 0.847. The molecule has 0 unspecified atom stereocenters. The number of hydrogen-bond donors (Lipinski definition) is 2. The van der Waals surface area contributed by atoms with Crippen LogP contribution in [0.1, 0.15) is 19.5 Å². The summed E-state index contributed by atoms with van der Waals surface area (Å²) in [5.74, 6) is 0.749. The van der Waals surface area contributed by atoms with Crippen molar-refractivity contribution in [1.29, 1.82) is 0 Å². The van der Waals surface area contributed by atoms with Crippen LogP contribution in [0.3, 0.4) is 0 Å². The van der Waals surface area contributed by atoms with E-state index in [1.54, 1.807) is 6.33 Å². The standard InChI is InChI=1S/C14H18N4OS/c1-9(2)19-13-6-11(17-14(15)20)4-5-12(13)18-7-10(3)16-8-18/h4-9H,1-3H3,(H3,15,17,20). The molecule has 0 spiro atoms. The number of aryl methyl sites for hydroxylation is 1. The Bertz CT molecular complexity index is 621. The van der Waals surface area contributed by atoms with Gasteiger partial charge in [0.2, 0.25) is 0 Å². The first-order chi connectivity index (χ1) is 9.45. The molecule has 0 amide bonds. The van der Waals surface area contributed by atoms with E-state index < -0.39 is 0 Å². The van der Waals surface area contributed by atoms with E-state index in [1.165, 1.54) is 0 Å². The van der Waals surface area contributed by atoms with E-state index in [1.807, 2.05) is 49.7 Å². The van der Waals surface area contributed by atoms with E-state index >= 15 is 0 Å². The van der Waals surface area contributed by atoms with Gasteiger partial charge in [-0.2, -0.15) is 0 Å². The van der Waals surface area contributed by atoms with Gasteiger partial charge in [0.05, 0.1) is 23.8 Å². The van der Waals surface area contributed by atoms with E-state index in [0.29, 0.717) is 0 Å². The summed E-state index contributed by atoms with van der Waals surface area (Å²) in [6, 6.07) is 5.72. The molecule has 0 saturated heterocycles. The Hall–Kier alpha value is -2.08. The van der Waals surface area contributed by atoms with Crippen molar-refractivity contribution in [2.75, 3.05) is 5.32 Å². The van der Waals surface area contributed by atoms with Gasteiger partial charge in [-0.1, -0.05) is 0 Å². The number of benzene rings is 1. The SMILES string of the molecule is Cc1cn(-c2ccc(NC(N)=S)cc2OC(C)C)cn1. The fraction of sp³-hybridized carbons (Fsp3) is 0.286. The molecule has 1 aromatic heterocycles. The van der Waals surface area contributed by atoms with Crippen LogP contribution in [0, 0.1) is 6.92 Å². The molecule has 0 atom stereocenters. The Labute approximate surface area is 123 Å². The lowest BCUT2D eigenvalue weighted by Gasteiger charge is -2.16. The van der Waals surface area contributed by atoms with Crippen LogP contribution in [0.2, 0.25) is 0 Å². The van der Waals surface area contributed by atoms with Crippen LogP contribution >= 0.6 is 12.2 Å². The molecule has 5 nitrogen and oxygen atoms in total. The number of nitrogens with two attached hydrogens (primary N) is 1. The third-order valence-electron chi connectivity index (χ3n) is 2.58. The maximum absolute atomic E-state index is 5.86. The number of thiocarbonyl (C=S) groups is 1. The second kappa shape index (κ2) is 5.92. The van der Waals surface area contributed by atoms with Crippen LogP contribution in [0.25, 0.3) is 5.69 Å². The number of aromatic nitrogens is 2. The minimum atomic E-state index is 0.0680. The summed E-state index contributed by atoms with van der Waals surface area (Å²) in [7, 11) is 0. The Balaban J connectivity index is 2.42. The third kappa shape index (κ3) is 3.48. The van der Waals surface area contributed by atoms with Gasteiger partial charge in [0, 0.05) is 18.0 Å². The lowest BCUT2D eigenvalue weighted by Crippen LogP contribution is -2.19. The summed E-state index contributed by atoms with van der Waals surface area (Å²) in [6.07, 6.45) is 3.78. The number of nitrogens with one attached hydrogen (secondary N) is 1. The third-order valence-corrected chi connectivity index (χ3v) is 2.68. The maximum atomic E-state index is 5.86. The fourth-order valence-corrected chi connectivity index (χ4v) is 1.97. The molecule has 0 fully saturated rings. The van der Waals surface area contributed by atoms with Crippen molar-refractivity contribution in [3.8, 4) is 11.4 Å². The minimum absolute atomic E-state index is 0.0680. The zero-order valence-electron chi connectivity index (χ0n) is 11.8. The average molecular weight is 290 g/mol. The molecule has 0 aliphatic rings. The normalized spacial score (nSPS) is 10.6. The van der Waals surface area contributed by atoms with Crippen LogP contribution in [0.15, 0.2) is 30.7 Å². The van der Waals surface area contributed by atoms with Crippen LogP contribution in [-0.4, -0.2) is 20.8 Å². The molecule has 0 bridgehead atoms. The summed E-state index contributed by atoms with van der Waals surface area (Å²) >= 11 is 4.85. The molecule has 2 rings (SSSR count). The number of nitrogens with zero attached hydrogens (tertiary/aromatic N) is 2. The van der Waals surface area contributed by atoms with Crippen LogP contribution < -0.4 is 15.8 Å².